The number of hydrogen-bond donors (Lipinski definition) is 1. The Kier molecular flexibility index (Phi) is 4.47. The SMILES string of the molecule is COc1c(C(O)c2ccccc2I)ccc(C)c1C. The second-order valence-corrected chi connectivity index (χ2v) is 5.72. The fraction of sp³-hybridized carbons (Fsp3) is 0.250. The Morgan fingerprint density at radius 1 is 1.05 bits per heavy atom. The summed E-state index contributed by atoms with van der Waals surface area (Å²) in [6, 6.07) is 11.8. The van der Waals surface area contributed by atoms with Gasteiger partial charge >= 0.3 is 0 Å². The summed E-state index contributed by atoms with van der Waals surface area (Å²) >= 11 is 2.24. The minimum absolute atomic E-state index is 0.664. The first-order chi connectivity index (χ1) is 9.06. The molecule has 0 fully saturated rings. The van der Waals surface area contributed by atoms with Gasteiger partial charge in [0.05, 0.1) is 7.11 Å². The maximum Gasteiger partial charge on any atom is 0.128 e. The summed E-state index contributed by atoms with van der Waals surface area (Å²) in [6.45, 7) is 4.06. The molecule has 0 aliphatic carbocycles. The molecule has 2 aromatic carbocycles. The van der Waals surface area contributed by atoms with Gasteiger partial charge in [-0.2, -0.15) is 0 Å². The number of rotatable bonds is 3. The molecule has 0 bridgehead atoms. The zero-order valence-corrected chi connectivity index (χ0v) is 13.4. The Morgan fingerprint density at radius 3 is 2.37 bits per heavy atom. The number of hydrogen-bond acceptors (Lipinski definition) is 2. The molecule has 0 saturated carbocycles. The van der Waals surface area contributed by atoms with Crippen molar-refractivity contribution in [2.75, 3.05) is 7.11 Å². The van der Waals surface area contributed by atoms with Crippen LogP contribution in [-0.4, -0.2) is 12.2 Å². The highest BCUT2D eigenvalue weighted by Crippen LogP contribution is 2.35. The van der Waals surface area contributed by atoms with Gasteiger partial charge in [-0.15, -0.1) is 0 Å². The third kappa shape index (κ3) is 2.77. The van der Waals surface area contributed by atoms with Crippen molar-refractivity contribution in [1.82, 2.24) is 0 Å². The van der Waals surface area contributed by atoms with E-state index in [1.54, 1.807) is 7.11 Å². The van der Waals surface area contributed by atoms with Gasteiger partial charge in [0.1, 0.15) is 11.9 Å². The number of methoxy groups -OCH3 is 1. The molecule has 1 N–H and O–H groups in total. The Hall–Kier alpha value is -1.07. The van der Waals surface area contributed by atoms with E-state index < -0.39 is 6.10 Å². The quantitative estimate of drug-likeness (QED) is 0.830. The van der Waals surface area contributed by atoms with E-state index in [0.29, 0.717) is 0 Å². The van der Waals surface area contributed by atoms with Gasteiger partial charge in [-0.1, -0.05) is 30.3 Å². The van der Waals surface area contributed by atoms with Crippen molar-refractivity contribution >= 4 is 22.6 Å². The van der Waals surface area contributed by atoms with E-state index >= 15 is 0 Å². The maximum atomic E-state index is 10.6. The summed E-state index contributed by atoms with van der Waals surface area (Å²) < 4.78 is 6.53. The van der Waals surface area contributed by atoms with Crippen molar-refractivity contribution in [2.24, 2.45) is 0 Å². The largest absolute Gasteiger partial charge is 0.496 e. The first-order valence-electron chi connectivity index (χ1n) is 6.12. The summed E-state index contributed by atoms with van der Waals surface area (Å²) in [4.78, 5) is 0. The first kappa shape index (κ1) is 14.3. The summed E-state index contributed by atoms with van der Waals surface area (Å²) in [6.07, 6.45) is -0.664. The normalized spacial score (nSPS) is 12.3. The second-order valence-electron chi connectivity index (χ2n) is 4.55. The highest BCUT2D eigenvalue weighted by molar-refractivity contribution is 14.1. The fourth-order valence-corrected chi connectivity index (χ4v) is 2.84. The molecule has 0 spiro atoms. The van der Waals surface area contributed by atoms with E-state index in [2.05, 4.69) is 22.6 Å². The average Bonchev–Trinajstić information content (AvgIpc) is 2.41. The highest BCUT2D eigenvalue weighted by Gasteiger charge is 2.19. The van der Waals surface area contributed by atoms with Gasteiger partial charge in [-0.25, -0.2) is 0 Å². The second kappa shape index (κ2) is 5.92. The van der Waals surface area contributed by atoms with Crippen molar-refractivity contribution in [3.8, 4) is 5.75 Å². The van der Waals surface area contributed by atoms with Crippen LogP contribution in [0.3, 0.4) is 0 Å². The molecule has 1 atom stereocenters. The highest BCUT2D eigenvalue weighted by atomic mass is 127. The van der Waals surface area contributed by atoms with Gasteiger partial charge in [0, 0.05) is 9.13 Å². The molecular formula is C16H17IO2. The third-order valence-electron chi connectivity index (χ3n) is 3.41. The first-order valence-corrected chi connectivity index (χ1v) is 7.20. The lowest BCUT2D eigenvalue weighted by atomic mass is 9.96. The number of aliphatic hydroxyl groups excluding tert-OH is 1. The zero-order valence-electron chi connectivity index (χ0n) is 11.3. The lowest BCUT2D eigenvalue weighted by molar-refractivity contribution is 0.213. The molecule has 0 aliphatic heterocycles. The van der Waals surface area contributed by atoms with Gasteiger partial charge in [0.2, 0.25) is 0 Å². The maximum absolute atomic E-state index is 10.6. The van der Waals surface area contributed by atoms with Crippen LogP contribution in [0.2, 0.25) is 0 Å². The molecule has 0 heterocycles. The Bertz CT molecular complexity index is 593. The standard InChI is InChI=1S/C16H17IO2/c1-10-8-9-13(16(19-3)11(10)2)15(18)12-6-4-5-7-14(12)17/h4-9,15,18H,1-3H3. The van der Waals surface area contributed by atoms with Crippen LogP contribution in [0.4, 0.5) is 0 Å². The summed E-state index contributed by atoms with van der Waals surface area (Å²) in [5.74, 6) is 0.771. The molecule has 19 heavy (non-hydrogen) atoms. The van der Waals surface area contributed by atoms with Crippen LogP contribution in [0.1, 0.15) is 28.4 Å². The zero-order chi connectivity index (χ0) is 14.0. The van der Waals surface area contributed by atoms with Crippen LogP contribution in [0, 0.1) is 17.4 Å². The molecule has 2 nitrogen and oxygen atoms in total. The molecular weight excluding hydrogens is 351 g/mol. The molecule has 100 valence electrons. The molecule has 0 aliphatic rings. The van der Waals surface area contributed by atoms with Crippen LogP contribution in [0.25, 0.3) is 0 Å². The van der Waals surface area contributed by atoms with Crippen LogP contribution in [0.5, 0.6) is 5.75 Å². The van der Waals surface area contributed by atoms with Gasteiger partial charge in [-0.05, 0) is 59.2 Å². The number of halogens is 1. The Morgan fingerprint density at radius 2 is 1.74 bits per heavy atom. The Balaban J connectivity index is 2.53. The monoisotopic (exact) mass is 368 g/mol. The van der Waals surface area contributed by atoms with E-state index in [-0.39, 0.29) is 0 Å². The minimum atomic E-state index is -0.664. The van der Waals surface area contributed by atoms with E-state index in [1.165, 1.54) is 0 Å². The van der Waals surface area contributed by atoms with Crippen molar-refractivity contribution < 1.29 is 9.84 Å². The summed E-state index contributed by atoms with van der Waals surface area (Å²) in [5.41, 5.74) is 3.96. The molecule has 2 rings (SSSR count). The molecule has 3 heteroatoms. The van der Waals surface area contributed by atoms with E-state index in [4.69, 9.17) is 4.74 Å². The molecule has 0 radical (unpaired) electrons. The van der Waals surface area contributed by atoms with Crippen molar-refractivity contribution in [3.05, 3.63) is 62.2 Å². The molecule has 0 saturated heterocycles. The van der Waals surface area contributed by atoms with Gasteiger partial charge in [-0.3, -0.25) is 0 Å². The lowest BCUT2D eigenvalue weighted by Gasteiger charge is -2.19. The number of benzene rings is 2. The topological polar surface area (TPSA) is 29.5 Å². The molecule has 1 unspecified atom stereocenters. The summed E-state index contributed by atoms with van der Waals surface area (Å²) in [7, 11) is 1.65. The van der Waals surface area contributed by atoms with E-state index in [9.17, 15) is 5.11 Å². The van der Waals surface area contributed by atoms with E-state index in [0.717, 1.165) is 31.6 Å². The number of aliphatic hydroxyl groups is 1. The summed E-state index contributed by atoms with van der Waals surface area (Å²) in [5, 5.41) is 10.6. The third-order valence-corrected chi connectivity index (χ3v) is 4.39. The number of aryl methyl sites for hydroxylation is 1. The van der Waals surface area contributed by atoms with Crippen LogP contribution < -0.4 is 4.74 Å². The van der Waals surface area contributed by atoms with Gasteiger partial charge in [0.25, 0.3) is 0 Å². The molecule has 2 aromatic rings. The molecule has 0 amide bonds. The van der Waals surface area contributed by atoms with Crippen molar-refractivity contribution in [2.45, 2.75) is 20.0 Å². The minimum Gasteiger partial charge on any atom is -0.496 e. The predicted molar refractivity (Wildman–Crippen MR) is 85.7 cm³/mol. The van der Waals surface area contributed by atoms with Crippen molar-refractivity contribution in [3.63, 3.8) is 0 Å². The fourth-order valence-electron chi connectivity index (χ4n) is 2.16. The van der Waals surface area contributed by atoms with Gasteiger partial charge in [0.15, 0.2) is 0 Å². The predicted octanol–water partition coefficient (Wildman–Crippen LogP) is 4.00. The van der Waals surface area contributed by atoms with Crippen molar-refractivity contribution in [1.29, 1.82) is 0 Å². The Labute approximate surface area is 127 Å². The molecule has 0 aromatic heterocycles. The average molecular weight is 368 g/mol. The number of ether oxygens (including phenoxy) is 1. The van der Waals surface area contributed by atoms with Crippen LogP contribution in [0.15, 0.2) is 36.4 Å². The smallest absolute Gasteiger partial charge is 0.128 e. The van der Waals surface area contributed by atoms with Gasteiger partial charge < -0.3 is 9.84 Å². The van der Waals surface area contributed by atoms with Crippen LogP contribution in [-0.2, 0) is 0 Å². The van der Waals surface area contributed by atoms with Crippen LogP contribution >= 0.6 is 22.6 Å². The van der Waals surface area contributed by atoms with E-state index in [1.807, 2.05) is 50.2 Å². The lowest BCUT2D eigenvalue weighted by Crippen LogP contribution is -2.06.